The molecule has 0 aliphatic carbocycles. The van der Waals surface area contributed by atoms with Crippen LogP contribution in [-0.2, 0) is 16.6 Å². The third-order valence-corrected chi connectivity index (χ3v) is 6.55. The van der Waals surface area contributed by atoms with Crippen molar-refractivity contribution in [1.29, 1.82) is 0 Å². The molecule has 0 saturated heterocycles. The molecular formula is C25H25N3O5S. The molecule has 9 heteroatoms. The summed E-state index contributed by atoms with van der Waals surface area (Å²) in [5.74, 6) is 1.04. The van der Waals surface area contributed by atoms with Crippen LogP contribution in [0.15, 0.2) is 83.9 Å². The van der Waals surface area contributed by atoms with Crippen molar-refractivity contribution in [1.82, 2.24) is 9.78 Å². The van der Waals surface area contributed by atoms with E-state index in [2.05, 4.69) is 9.82 Å². The lowest BCUT2D eigenvalue weighted by Gasteiger charge is -2.15. The minimum absolute atomic E-state index is 0.0587. The van der Waals surface area contributed by atoms with Gasteiger partial charge in [0.05, 0.1) is 33.6 Å². The molecule has 4 aromatic rings. The van der Waals surface area contributed by atoms with Gasteiger partial charge in [-0.3, -0.25) is 9.40 Å². The third kappa shape index (κ3) is 4.84. The fraction of sp³-hybridized carbons (Fsp3) is 0.160. The van der Waals surface area contributed by atoms with Crippen LogP contribution in [0.25, 0.3) is 11.3 Å². The number of nitrogens with one attached hydrogen (secondary N) is 1. The normalized spacial score (nSPS) is 11.1. The highest BCUT2D eigenvalue weighted by molar-refractivity contribution is 7.92. The minimum atomic E-state index is -4.02. The van der Waals surface area contributed by atoms with Crippen LogP contribution >= 0.6 is 0 Å². The molecule has 0 atom stereocenters. The molecule has 1 N–H and O–H groups in total. The number of ether oxygens (including phenoxy) is 3. The van der Waals surface area contributed by atoms with Crippen LogP contribution in [0.2, 0.25) is 0 Å². The number of methoxy groups -OCH3 is 3. The van der Waals surface area contributed by atoms with E-state index in [4.69, 9.17) is 14.2 Å². The van der Waals surface area contributed by atoms with Gasteiger partial charge in [0.1, 0.15) is 10.6 Å². The largest absolute Gasteiger partial charge is 0.493 e. The maximum atomic E-state index is 13.5. The summed E-state index contributed by atoms with van der Waals surface area (Å²) in [6.07, 6.45) is 1.54. The fourth-order valence-corrected chi connectivity index (χ4v) is 4.81. The summed E-state index contributed by atoms with van der Waals surface area (Å²) in [4.78, 5) is 0.0587. The molecule has 0 radical (unpaired) electrons. The molecule has 0 fully saturated rings. The van der Waals surface area contributed by atoms with E-state index in [1.54, 1.807) is 4.68 Å². The first kappa shape index (κ1) is 23.2. The molecule has 0 amide bonds. The van der Waals surface area contributed by atoms with E-state index in [9.17, 15) is 8.42 Å². The second-order valence-corrected chi connectivity index (χ2v) is 9.06. The Labute approximate surface area is 198 Å². The number of aromatic nitrogens is 2. The molecule has 1 heterocycles. The minimum Gasteiger partial charge on any atom is -0.493 e. The number of rotatable bonds is 9. The van der Waals surface area contributed by atoms with Gasteiger partial charge in [0.25, 0.3) is 10.0 Å². The molecule has 0 aliphatic heterocycles. The Morgan fingerprint density at radius 1 is 0.853 bits per heavy atom. The monoisotopic (exact) mass is 479 g/mol. The predicted octanol–water partition coefficient (Wildman–Crippen LogP) is 4.43. The lowest BCUT2D eigenvalue weighted by atomic mass is 10.2. The molecule has 0 unspecified atom stereocenters. The van der Waals surface area contributed by atoms with Crippen LogP contribution in [0, 0.1) is 0 Å². The van der Waals surface area contributed by atoms with E-state index < -0.39 is 10.0 Å². The van der Waals surface area contributed by atoms with E-state index in [1.165, 1.54) is 39.7 Å². The SMILES string of the molecule is COc1cc(NS(=O)(=O)c2cn(Cc3ccccc3)nc2-c2ccccc2)cc(OC)c1OC. The van der Waals surface area contributed by atoms with Crippen LogP contribution in [0.5, 0.6) is 17.2 Å². The van der Waals surface area contributed by atoms with E-state index in [-0.39, 0.29) is 10.6 Å². The van der Waals surface area contributed by atoms with Crippen molar-refractivity contribution in [3.8, 4) is 28.5 Å². The highest BCUT2D eigenvalue weighted by atomic mass is 32.2. The van der Waals surface area contributed by atoms with Crippen molar-refractivity contribution in [3.05, 3.63) is 84.6 Å². The zero-order valence-electron chi connectivity index (χ0n) is 19.1. The van der Waals surface area contributed by atoms with Gasteiger partial charge in [-0.15, -0.1) is 0 Å². The van der Waals surface area contributed by atoms with Gasteiger partial charge in [-0.05, 0) is 5.56 Å². The standard InChI is InChI=1S/C25H25N3O5S/c1-31-21-14-20(15-22(32-2)25(21)33-3)27-34(29,30)23-17-28(16-18-10-6-4-7-11-18)26-24(23)19-12-8-5-9-13-19/h4-15,17,27H,16H2,1-3H3. The van der Waals surface area contributed by atoms with Crippen LogP contribution in [-0.4, -0.2) is 39.5 Å². The quantitative estimate of drug-likeness (QED) is 0.382. The van der Waals surface area contributed by atoms with Gasteiger partial charge in [0, 0.05) is 23.9 Å². The maximum Gasteiger partial charge on any atom is 0.265 e. The summed E-state index contributed by atoms with van der Waals surface area (Å²) in [5, 5.41) is 4.61. The first-order valence-electron chi connectivity index (χ1n) is 10.4. The maximum absolute atomic E-state index is 13.5. The van der Waals surface area contributed by atoms with Crippen LogP contribution < -0.4 is 18.9 Å². The smallest absolute Gasteiger partial charge is 0.265 e. The Hall–Kier alpha value is -3.98. The highest BCUT2D eigenvalue weighted by Crippen LogP contribution is 2.40. The Morgan fingerprint density at radius 3 is 2.00 bits per heavy atom. The number of anilines is 1. The number of nitrogens with zero attached hydrogens (tertiary/aromatic N) is 2. The average molecular weight is 480 g/mol. The number of hydrogen-bond acceptors (Lipinski definition) is 6. The Balaban J connectivity index is 1.76. The van der Waals surface area contributed by atoms with Crippen LogP contribution in [0.3, 0.4) is 0 Å². The Kier molecular flexibility index (Phi) is 6.74. The van der Waals surface area contributed by atoms with Crippen molar-refractivity contribution in [2.45, 2.75) is 11.4 Å². The van der Waals surface area contributed by atoms with Crippen molar-refractivity contribution >= 4 is 15.7 Å². The summed E-state index contributed by atoms with van der Waals surface area (Å²) in [5.41, 5.74) is 2.33. The van der Waals surface area contributed by atoms with E-state index in [0.717, 1.165) is 5.56 Å². The lowest BCUT2D eigenvalue weighted by molar-refractivity contribution is 0.325. The molecule has 0 bridgehead atoms. The zero-order chi connectivity index (χ0) is 24.1. The Morgan fingerprint density at radius 2 is 1.44 bits per heavy atom. The van der Waals surface area contributed by atoms with E-state index >= 15 is 0 Å². The van der Waals surface area contributed by atoms with Gasteiger partial charge in [-0.1, -0.05) is 60.7 Å². The van der Waals surface area contributed by atoms with Crippen molar-refractivity contribution in [3.63, 3.8) is 0 Å². The predicted molar refractivity (Wildman–Crippen MR) is 130 cm³/mol. The molecule has 34 heavy (non-hydrogen) atoms. The molecule has 0 saturated carbocycles. The van der Waals surface area contributed by atoms with Crippen LogP contribution in [0.1, 0.15) is 5.56 Å². The van der Waals surface area contributed by atoms with Crippen molar-refractivity contribution < 1.29 is 22.6 Å². The summed E-state index contributed by atoms with van der Waals surface area (Å²) in [6, 6.07) is 22.0. The van der Waals surface area contributed by atoms with Gasteiger partial charge in [-0.25, -0.2) is 8.42 Å². The fourth-order valence-electron chi connectivity index (χ4n) is 3.60. The second-order valence-electron chi connectivity index (χ2n) is 7.41. The summed E-state index contributed by atoms with van der Waals surface area (Å²) in [6.45, 7) is 0.431. The van der Waals surface area contributed by atoms with Gasteiger partial charge < -0.3 is 14.2 Å². The first-order valence-corrected chi connectivity index (χ1v) is 11.9. The molecule has 8 nitrogen and oxygen atoms in total. The average Bonchev–Trinajstić information content (AvgIpc) is 3.29. The van der Waals surface area contributed by atoms with Crippen LogP contribution in [0.4, 0.5) is 5.69 Å². The Bertz CT molecular complexity index is 1350. The number of benzene rings is 3. The van der Waals surface area contributed by atoms with Crippen molar-refractivity contribution in [2.75, 3.05) is 26.1 Å². The lowest BCUT2D eigenvalue weighted by Crippen LogP contribution is -2.14. The summed E-state index contributed by atoms with van der Waals surface area (Å²) >= 11 is 0. The molecule has 3 aromatic carbocycles. The molecule has 0 aliphatic rings. The molecule has 4 rings (SSSR count). The third-order valence-electron chi connectivity index (χ3n) is 5.17. The zero-order valence-corrected chi connectivity index (χ0v) is 19.9. The van der Waals surface area contributed by atoms with Crippen molar-refractivity contribution in [2.24, 2.45) is 0 Å². The summed E-state index contributed by atoms with van der Waals surface area (Å²) in [7, 11) is 0.403. The van der Waals surface area contributed by atoms with Gasteiger partial charge in [0.2, 0.25) is 5.75 Å². The molecule has 0 spiro atoms. The molecule has 176 valence electrons. The number of hydrogen-bond donors (Lipinski definition) is 1. The number of sulfonamides is 1. The van der Waals surface area contributed by atoms with Gasteiger partial charge in [-0.2, -0.15) is 5.10 Å². The van der Waals surface area contributed by atoms with E-state index in [1.807, 2.05) is 60.7 Å². The van der Waals surface area contributed by atoms with Gasteiger partial charge in [0.15, 0.2) is 11.5 Å². The second kappa shape index (κ2) is 9.88. The first-order chi connectivity index (χ1) is 16.4. The topological polar surface area (TPSA) is 91.7 Å². The highest BCUT2D eigenvalue weighted by Gasteiger charge is 2.25. The van der Waals surface area contributed by atoms with Gasteiger partial charge >= 0.3 is 0 Å². The summed E-state index contributed by atoms with van der Waals surface area (Å²) < 4.78 is 47.3. The molecule has 1 aromatic heterocycles. The molecular weight excluding hydrogens is 454 g/mol. The van der Waals surface area contributed by atoms with E-state index in [0.29, 0.717) is 35.1 Å².